The summed E-state index contributed by atoms with van der Waals surface area (Å²) in [4.78, 5) is 24.4. The molecule has 0 bridgehead atoms. The lowest BCUT2D eigenvalue weighted by molar-refractivity contribution is -0.159. The van der Waals surface area contributed by atoms with Crippen LogP contribution in [0.5, 0.6) is 0 Å². The summed E-state index contributed by atoms with van der Waals surface area (Å²) < 4.78 is 7.28. The van der Waals surface area contributed by atoms with Crippen molar-refractivity contribution >= 4 is 11.9 Å². The van der Waals surface area contributed by atoms with Crippen molar-refractivity contribution in [2.45, 2.75) is 46.0 Å². The Hall–Kier alpha value is -2.67. The van der Waals surface area contributed by atoms with Gasteiger partial charge in [-0.05, 0) is 44.5 Å². The van der Waals surface area contributed by atoms with E-state index in [4.69, 9.17) is 4.74 Å². The number of rotatable bonds is 5. The van der Waals surface area contributed by atoms with Crippen molar-refractivity contribution in [1.29, 1.82) is 0 Å². The molecule has 0 saturated carbocycles. The maximum Gasteiger partial charge on any atom is 0.312 e. The van der Waals surface area contributed by atoms with Crippen molar-refractivity contribution in [3.05, 3.63) is 53.9 Å². The van der Waals surface area contributed by atoms with Crippen LogP contribution in [0.25, 0.3) is 0 Å². The Labute approximate surface area is 159 Å². The van der Waals surface area contributed by atoms with Crippen LogP contribution in [0.15, 0.2) is 42.7 Å². The Morgan fingerprint density at radius 3 is 2.67 bits per heavy atom. The molecule has 7 nitrogen and oxygen atoms in total. The van der Waals surface area contributed by atoms with E-state index in [0.29, 0.717) is 25.1 Å². The standard InChI is InChI=1S/C20H26N4O3/c1-20(2,3)19(26)27-17-11-16(12-21-17)23-18(25)15-7-5-14(6-8-15)13-24-10-4-9-22-24/h4-10,16-17,21H,11-13H2,1-3H3,(H,23,25). The smallest absolute Gasteiger partial charge is 0.312 e. The average Bonchev–Trinajstić information content (AvgIpc) is 3.27. The minimum Gasteiger partial charge on any atom is -0.446 e. The van der Waals surface area contributed by atoms with Crippen molar-refractivity contribution in [3.8, 4) is 0 Å². The van der Waals surface area contributed by atoms with Gasteiger partial charge in [-0.3, -0.25) is 19.6 Å². The first-order valence-electron chi connectivity index (χ1n) is 9.13. The highest BCUT2D eigenvalue weighted by Crippen LogP contribution is 2.19. The number of nitrogens with one attached hydrogen (secondary N) is 2. The van der Waals surface area contributed by atoms with Crippen LogP contribution in [0.1, 0.15) is 43.1 Å². The number of aromatic nitrogens is 2. The monoisotopic (exact) mass is 370 g/mol. The van der Waals surface area contributed by atoms with Crippen molar-refractivity contribution in [2.24, 2.45) is 5.41 Å². The topological polar surface area (TPSA) is 85.2 Å². The van der Waals surface area contributed by atoms with E-state index >= 15 is 0 Å². The average molecular weight is 370 g/mol. The molecular weight excluding hydrogens is 344 g/mol. The SMILES string of the molecule is CC(C)(C)C(=O)OC1CC(NC(=O)c2ccc(Cn3cccn3)cc2)CN1. The fraction of sp³-hybridized carbons (Fsp3) is 0.450. The van der Waals surface area contributed by atoms with Gasteiger partial charge in [-0.15, -0.1) is 0 Å². The number of carbonyl (C=O) groups excluding carboxylic acids is 2. The van der Waals surface area contributed by atoms with Crippen LogP contribution in [0.3, 0.4) is 0 Å². The number of amides is 1. The molecule has 1 aliphatic rings. The van der Waals surface area contributed by atoms with Crippen LogP contribution >= 0.6 is 0 Å². The quantitative estimate of drug-likeness (QED) is 0.786. The minimum atomic E-state index is -0.541. The summed E-state index contributed by atoms with van der Waals surface area (Å²) in [6, 6.07) is 9.29. The lowest BCUT2D eigenvalue weighted by Gasteiger charge is -2.20. The second-order valence-corrected chi connectivity index (χ2v) is 7.86. The van der Waals surface area contributed by atoms with Crippen molar-refractivity contribution < 1.29 is 14.3 Å². The van der Waals surface area contributed by atoms with Gasteiger partial charge in [0, 0.05) is 37.0 Å². The summed E-state index contributed by atoms with van der Waals surface area (Å²) in [6.07, 6.45) is 3.84. The van der Waals surface area contributed by atoms with E-state index in [9.17, 15) is 9.59 Å². The van der Waals surface area contributed by atoms with Gasteiger partial charge in [0.2, 0.25) is 0 Å². The Bertz CT molecular complexity index is 779. The maximum absolute atomic E-state index is 12.5. The molecule has 2 atom stereocenters. The highest BCUT2D eigenvalue weighted by molar-refractivity contribution is 5.94. The molecule has 0 radical (unpaired) electrons. The number of hydrogen-bond acceptors (Lipinski definition) is 5. The molecule has 1 amide bonds. The van der Waals surface area contributed by atoms with E-state index < -0.39 is 5.41 Å². The Morgan fingerprint density at radius 2 is 2.04 bits per heavy atom. The van der Waals surface area contributed by atoms with E-state index in [1.807, 2.05) is 62.0 Å². The second kappa shape index (κ2) is 7.92. The summed E-state index contributed by atoms with van der Waals surface area (Å²) >= 11 is 0. The summed E-state index contributed by atoms with van der Waals surface area (Å²) in [7, 11) is 0. The molecule has 2 unspecified atom stereocenters. The van der Waals surface area contributed by atoms with Crippen LogP contribution in [-0.4, -0.2) is 40.5 Å². The summed E-state index contributed by atoms with van der Waals surface area (Å²) in [5, 5.41) is 10.3. The zero-order valence-corrected chi connectivity index (χ0v) is 15.9. The highest BCUT2D eigenvalue weighted by Gasteiger charge is 2.32. The van der Waals surface area contributed by atoms with Gasteiger partial charge in [0.25, 0.3) is 5.91 Å². The molecule has 1 aromatic carbocycles. The van der Waals surface area contributed by atoms with Gasteiger partial charge in [0.05, 0.1) is 12.0 Å². The molecule has 1 saturated heterocycles. The third-order valence-corrected chi connectivity index (χ3v) is 4.41. The van der Waals surface area contributed by atoms with Gasteiger partial charge in [-0.25, -0.2) is 0 Å². The molecule has 1 aromatic heterocycles. The number of hydrogen-bond donors (Lipinski definition) is 2. The number of ether oxygens (including phenoxy) is 1. The zero-order chi connectivity index (χ0) is 19.4. The third-order valence-electron chi connectivity index (χ3n) is 4.41. The van der Waals surface area contributed by atoms with Gasteiger partial charge in [0.15, 0.2) is 6.23 Å². The lowest BCUT2D eigenvalue weighted by atomic mass is 9.97. The van der Waals surface area contributed by atoms with Crippen LogP contribution in [0, 0.1) is 5.41 Å². The first kappa shape index (κ1) is 19.1. The van der Waals surface area contributed by atoms with E-state index in [1.54, 1.807) is 6.20 Å². The summed E-state index contributed by atoms with van der Waals surface area (Å²) in [5.74, 6) is -0.380. The fourth-order valence-corrected chi connectivity index (χ4v) is 2.82. The molecule has 27 heavy (non-hydrogen) atoms. The van der Waals surface area contributed by atoms with Crippen molar-refractivity contribution in [1.82, 2.24) is 20.4 Å². The molecule has 0 aliphatic carbocycles. The minimum absolute atomic E-state index is 0.0704. The Kier molecular flexibility index (Phi) is 5.60. The summed E-state index contributed by atoms with van der Waals surface area (Å²) in [5.41, 5.74) is 1.14. The van der Waals surface area contributed by atoms with Crippen LogP contribution < -0.4 is 10.6 Å². The molecule has 7 heteroatoms. The predicted molar refractivity (Wildman–Crippen MR) is 101 cm³/mol. The molecule has 1 aliphatic heterocycles. The summed E-state index contributed by atoms with van der Waals surface area (Å²) in [6.45, 7) is 6.70. The van der Waals surface area contributed by atoms with Crippen LogP contribution in [-0.2, 0) is 16.1 Å². The first-order valence-corrected chi connectivity index (χ1v) is 9.13. The molecular formula is C20H26N4O3. The van der Waals surface area contributed by atoms with E-state index in [0.717, 1.165) is 5.56 Å². The van der Waals surface area contributed by atoms with Gasteiger partial charge in [-0.2, -0.15) is 5.10 Å². The normalized spacial score (nSPS) is 19.7. The van der Waals surface area contributed by atoms with Crippen LogP contribution in [0.2, 0.25) is 0 Å². The van der Waals surface area contributed by atoms with E-state index in [1.165, 1.54) is 0 Å². The van der Waals surface area contributed by atoms with E-state index in [2.05, 4.69) is 15.7 Å². The predicted octanol–water partition coefficient (Wildman–Crippen LogP) is 1.94. The van der Waals surface area contributed by atoms with E-state index in [-0.39, 0.29) is 24.1 Å². The van der Waals surface area contributed by atoms with Gasteiger partial charge < -0.3 is 10.1 Å². The Balaban J connectivity index is 1.50. The number of esters is 1. The molecule has 2 heterocycles. The maximum atomic E-state index is 12.5. The number of nitrogens with zero attached hydrogens (tertiary/aromatic N) is 2. The zero-order valence-electron chi connectivity index (χ0n) is 15.9. The molecule has 3 rings (SSSR count). The highest BCUT2D eigenvalue weighted by atomic mass is 16.6. The largest absolute Gasteiger partial charge is 0.446 e. The molecule has 2 aromatic rings. The first-order chi connectivity index (χ1) is 12.8. The molecule has 0 spiro atoms. The number of benzene rings is 1. The molecule has 1 fully saturated rings. The van der Waals surface area contributed by atoms with Gasteiger partial charge in [-0.1, -0.05) is 12.1 Å². The van der Waals surface area contributed by atoms with Crippen LogP contribution in [0.4, 0.5) is 0 Å². The lowest BCUT2D eigenvalue weighted by Crippen LogP contribution is -2.36. The van der Waals surface area contributed by atoms with Crippen molar-refractivity contribution in [3.63, 3.8) is 0 Å². The number of carbonyl (C=O) groups is 2. The second-order valence-electron chi connectivity index (χ2n) is 7.86. The van der Waals surface area contributed by atoms with Gasteiger partial charge in [0.1, 0.15) is 0 Å². The fourth-order valence-electron chi connectivity index (χ4n) is 2.82. The van der Waals surface area contributed by atoms with Crippen molar-refractivity contribution in [2.75, 3.05) is 6.54 Å². The molecule has 144 valence electrons. The molecule has 2 N–H and O–H groups in total. The third kappa shape index (κ3) is 5.17. The van der Waals surface area contributed by atoms with Gasteiger partial charge >= 0.3 is 5.97 Å². The Morgan fingerprint density at radius 1 is 1.30 bits per heavy atom.